The zero-order chi connectivity index (χ0) is 21.4. The van der Waals surface area contributed by atoms with Crippen molar-refractivity contribution in [3.63, 3.8) is 0 Å². The van der Waals surface area contributed by atoms with Gasteiger partial charge in [-0.15, -0.1) is 0 Å². The van der Waals surface area contributed by atoms with Crippen LogP contribution < -0.4 is 14.4 Å². The molecule has 1 atom stereocenters. The van der Waals surface area contributed by atoms with Crippen LogP contribution >= 0.6 is 0 Å². The van der Waals surface area contributed by atoms with E-state index >= 15 is 0 Å². The first-order valence-corrected chi connectivity index (χ1v) is 11.6. The summed E-state index contributed by atoms with van der Waals surface area (Å²) >= 11 is 0. The van der Waals surface area contributed by atoms with E-state index in [1.54, 1.807) is 25.1 Å². The average molecular weight is 419 g/mol. The summed E-state index contributed by atoms with van der Waals surface area (Å²) in [5.74, 6) is 0.527. The largest absolute Gasteiger partial charge is 0.494 e. The number of carbonyl (C=O) groups is 1. The molecule has 0 fully saturated rings. The molecule has 0 spiro atoms. The van der Waals surface area contributed by atoms with Crippen LogP contribution in [-0.2, 0) is 21.2 Å². The van der Waals surface area contributed by atoms with Crippen molar-refractivity contribution in [3.05, 3.63) is 59.7 Å². The molecule has 0 saturated carbocycles. The Hall–Kier alpha value is -2.54. The van der Waals surface area contributed by atoms with Crippen LogP contribution in [0.25, 0.3) is 0 Å². The number of sulfonamides is 1. The minimum absolute atomic E-state index is 0.316. The fourth-order valence-corrected chi connectivity index (χ4v) is 4.31. The molecule has 6 nitrogen and oxygen atoms in total. The number of nitrogens with one attached hydrogen (secondary N) is 1. The molecule has 1 unspecified atom stereocenters. The van der Waals surface area contributed by atoms with Gasteiger partial charge in [-0.3, -0.25) is 9.10 Å². The second-order valence-corrected chi connectivity index (χ2v) is 8.90. The number of ether oxygens (including phenoxy) is 1. The monoisotopic (exact) mass is 418 g/mol. The molecule has 0 heterocycles. The summed E-state index contributed by atoms with van der Waals surface area (Å²) < 4.78 is 31.2. The van der Waals surface area contributed by atoms with E-state index < -0.39 is 16.1 Å². The third-order valence-electron chi connectivity index (χ3n) is 4.52. The molecule has 0 saturated heterocycles. The van der Waals surface area contributed by atoms with E-state index in [-0.39, 0.29) is 5.91 Å². The number of nitrogens with zero attached hydrogens (tertiary/aromatic N) is 1. The van der Waals surface area contributed by atoms with Gasteiger partial charge in [0.2, 0.25) is 15.9 Å². The van der Waals surface area contributed by atoms with Gasteiger partial charge in [-0.2, -0.15) is 0 Å². The number of anilines is 1. The van der Waals surface area contributed by atoms with Gasteiger partial charge in [-0.25, -0.2) is 8.42 Å². The third-order valence-corrected chi connectivity index (χ3v) is 5.76. The van der Waals surface area contributed by atoms with Crippen LogP contribution in [0.2, 0.25) is 0 Å². The van der Waals surface area contributed by atoms with Gasteiger partial charge in [0.05, 0.1) is 18.6 Å². The number of amides is 1. The first-order chi connectivity index (χ1) is 13.7. The van der Waals surface area contributed by atoms with Crippen LogP contribution in [-0.4, -0.2) is 39.8 Å². The summed E-state index contributed by atoms with van der Waals surface area (Å²) in [5, 5.41) is 2.85. The molecule has 0 aliphatic rings. The Morgan fingerprint density at radius 3 is 2.45 bits per heavy atom. The van der Waals surface area contributed by atoms with Crippen LogP contribution in [0.4, 0.5) is 5.69 Å². The maximum Gasteiger partial charge on any atom is 0.243 e. The molecule has 29 heavy (non-hydrogen) atoms. The molecule has 158 valence electrons. The van der Waals surface area contributed by atoms with E-state index in [4.69, 9.17) is 4.74 Å². The lowest BCUT2D eigenvalue weighted by Gasteiger charge is -2.28. The molecular weight excluding hydrogens is 388 g/mol. The molecule has 2 aromatic rings. The molecule has 7 heteroatoms. The first kappa shape index (κ1) is 22.7. The molecule has 0 aliphatic heterocycles. The first-order valence-electron chi connectivity index (χ1n) is 9.78. The summed E-state index contributed by atoms with van der Waals surface area (Å²) in [6.07, 6.45) is 2.69. The van der Waals surface area contributed by atoms with Crippen molar-refractivity contribution < 1.29 is 17.9 Å². The van der Waals surface area contributed by atoms with Gasteiger partial charge in [-0.05, 0) is 69.0 Å². The maximum atomic E-state index is 12.6. The van der Waals surface area contributed by atoms with Gasteiger partial charge in [0.25, 0.3) is 0 Å². The summed E-state index contributed by atoms with van der Waals surface area (Å²) in [6, 6.07) is 14.2. The molecular formula is C22H30N2O4S. The van der Waals surface area contributed by atoms with E-state index in [2.05, 4.69) is 5.32 Å². The highest BCUT2D eigenvalue weighted by molar-refractivity contribution is 7.92. The summed E-state index contributed by atoms with van der Waals surface area (Å²) in [5.41, 5.74) is 2.58. The topological polar surface area (TPSA) is 75.7 Å². The quantitative estimate of drug-likeness (QED) is 0.601. The van der Waals surface area contributed by atoms with Crippen LogP contribution in [0.15, 0.2) is 48.5 Å². The van der Waals surface area contributed by atoms with Crippen LogP contribution in [0.5, 0.6) is 5.75 Å². The van der Waals surface area contributed by atoms with E-state index in [1.807, 2.05) is 44.2 Å². The standard InChI is InChI=1S/C22H30N2O4S/c1-5-28-21-13-11-19(12-14-21)9-7-15-23-22(25)18(3)24(29(4,26)27)20-10-6-8-17(2)16-20/h6,8,10-14,16,18H,5,7,9,15H2,1-4H3,(H,23,25). The van der Waals surface area contributed by atoms with Gasteiger partial charge in [-0.1, -0.05) is 24.3 Å². The predicted molar refractivity (Wildman–Crippen MR) is 117 cm³/mol. The Morgan fingerprint density at radius 2 is 1.86 bits per heavy atom. The van der Waals surface area contributed by atoms with Crippen molar-refractivity contribution in [2.75, 3.05) is 23.7 Å². The average Bonchev–Trinajstić information content (AvgIpc) is 2.65. The zero-order valence-electron chi connectivity index (χ0n) is 17.5. The van der Waals surface area contributed by atoms with E-state index in [0.29, 0.717) is 18.8 Å². The number of aryl methyl sites for hydroxylation is 2. The minimum Gasteiger partial charge on any atom is -0.494 e. The van der Waals surface area contributed by atoms with Crippen molar-refractivity contribution in [1.82, 2.24) is 5.32 Å². The van der Waals surface area contributed by atoms with Crippen LogP contribution in [0, 0.1) is 6.92 Å². The smallest absolute Gasteiger partial charge is 0.243 e. The number of benzene rings is 2. The molecule has 2 rings (SSSR count). The highest BCUT2D eigenvalue weighted by Gasteiger charge is 2.28. The number of carbonyl (C=O) groups excluding carboxylic acids is 1. The highest BCUT2D eigenvalue weighted by Crippen LogP contribution is 2.22. The SMILES string of the molecule is CCOc1ccc(CCCNC(=O)C(C)N(c2cccc(C)c2)S(C)(=O)=O)cc1. The lowest BCUT2D eigenvalue weighted by atomic mass is 10.1. The van der Waals surface area contributed by atoms with Crippen molar-refractivity contribution in [2.45, 2.75) is 39.7 Å². The second kappa shape index (κ2) is 10.3. The summed E-state index contributed by atoms with van der Waals surface area (Å²) in [4.78, 5) is 12.6. The van der Waals surface area contributed by atoms with Crippen LogP contribution in [0.1, 0.15) is 31.4 Å². The summed E-state index contributed by atoms with van der Waals surface area (Å²) in [6.45, 7) is 6.54. The van der Waals surface area contributed by atoms with Gasteiger partial charge >= 0.3 is 0 Å². The lowest BCUT2D eigenvalue weighted by molar-refractivity contribution is -0.121. The van der Waals surface area contributed by atoms with Gasteiger partial charge < -0.3 is 10.1 Å². The molecule has 0 bridgehead atoms. The Labute approximate surface area is 173 Å². The second-order valence-electron chi connectivity index (χ2n) is 7.05. The molecule has 1 N–H and O–H groups in total. The molecule has 0 aromatic heterocycles. The summed E-state index contributed by atoms with van der Waals surface area (Å²) in [7, 11) is -3.60. The van der Waals surface area contributed by atoms with Crippen molar-refractivity contribution >= 4 is 21.6 Å². The van der Waals surface area contributed by atoms with Gasteiger partial charge in [0.1, 0.15) is 11.8 Å². The van der Waals surface area contributed by atoms with E-state index in [1.165, 1.54) is 4.31 Å². The van der Waals surface area contributed by atoms with E-state index in [0.717, 1.165) is 36.0 Å². The van der Waals surface area contributed by atoms with Crippen molar-refractivity contribution in [2.24, 2.45) is 0 Å². The molecule has 0 aliphatic carbocycles. The Balaban J connectivity index is 1.92. The minimum atomic E-state index is -3.60. The fourth-order valence-electron chi connectivity index (χ4n) is 3.14. The third kappa shape index (κ3) is 6.78. The van der Waals surface area contributed by atoms with Crippen LogP contribution in [0.3, 0.4) is 0 Å². The van der Waals surface area contributed by atoms with Gasteiger partial charge in [0.15, 0.2) is 0 Å². The van der Waals surface area contributed by atoms with E-state index in [9.17, 15) is 13.2 Å². The Bertz CT molecular complexity index is 911. The predicted octanol–water partition coefficient (Wildman–Crippen LogP) is 3.30. The Kier molecular flexibility index (Phi) is 8.08. The molecule has 1 amide bonds. The van der Waals surface area contributed by atoms with Crippen molar-refractivity contribution in [1.29, 1.82) is 0 Å². The van der Waals surface area contributed by atoms with Crippen molar-refractivity contribution in [3.8, 4) is 5.75 Å². The maximum absolute atomic E-state index is 12.6. The number of hydrogen-bond donors (Lipinski definition) is 1. The fraction of sp³-hybridized carbons (Fsp3) is 0.409. The Morgan fingerprint density at radius 1 is 1.17 bits per heavy atom. The van der Waals surface area contributed by atoms with Gasteiger partial charge in [0, 0.05) is 6.54 Å². The zero-order valence-corrected chi connectivity index (χ0v) is 18.3. The molecule has 2 aromatic carbocycles. The highest BCUT2D eigenvalue weighted by atomic mass is 32.2. The number of hydrogen-bond acceptors (Lipinski definition) is 4. The number of rotatable bonds is 10. The normalized spacial score (nSPS) is 12.3. The lowest BCUT2D eigenvalue weighted by Crippen LogP contribution is -2.48. The molecule has 0 radical (unpaired) electrons.